The van der Waals surface area contributed by atoms with Gasteiger partial charge in [-0.3, -0.25) is 4.90 Å². The first-order valence-corrected chi connectivity index (χ1v) is 5.19. The monoisotopic (exact) mass is 205 g/mol. The molecule has 3 heteroatoms. The first-order chi connectivity index (χ1) is 6.22. The maximum absolute atomic E-state index is 5.54. The molecule has 0 aromatic rings. The first kappa shape index (κ1) is 12.9. The van der Waals surface area contributed by atoms with Gasteiger partial charge in [0.05, 0.1) is 6.61 Å². The van der Waals surface area contributed by atoms with Gasteiger partial charge in [-0.25, -0.2) is 0 Å². The second-order valence-electron chi connectivity index (χ2n) is 3.21. The van der Waals surface area contributed by atoms with Crippen molar-refractivity contribution in [2.45, 2.75) is 19.9 Å². The topological polar surface area (TPSA) is 12.5 Å². The molecule has 0 bridgehead atoms. The van der Waals surface area contributed by atoms with E-state index in [0.717, 1.165) is 19.7 Å². The number of alkyl halides is 1. The molecule has 13 heavy (non-hydrogen) atoms. The van der Waals surface area contributed by atoms with Crippen LogP contribution in [-0.4, -0.2) is 43.6 Å². The Kier molecular flexibility index (Phi) is 8.51. The lowest BCUT2D eigenvalue weighted by molar-refractivity contribution is 0.138. The fourth-order valence-electron chi connectivity index (χ4n) is 1.04. The van der Waals surface area contributed by atoms with E-state index >= 15 is 0 Å². The average Bonchev–Trinajstić information content (AvgIpc) is 2.10. The number of ether oxygens (including phenoxy) is 1. The van der Waals surface area contributed by atoms with Gasteiger partial charge in [-0.1, -0.05) is 12.2 Å². The molecular formula is C10H20ClNO. The number of allylic oxidation sites excluding steroid dienone is 1. The van der Waals surface area contributed by atoms with E-state index in [9.17, 15) is 0 Å². The number of hydrogen-bond donors (Lipinski definition) is 0. The summed E-state index contributed by atoms with van der Waals surface area (Å²) >= 11 is 5.54. The molecule has 0 aliphatic heterocycles. The van der Waals surface area contributed by atoms with Crippen LogP contribution in [0.15, 0.2) is 12.2 Å². The van der Waals surface area contributed by atoms with Crippen molar-refractivity contribution in [2.75, 3.05) is 32.7 Å². The normalized spacial score (nSPS) is 12.2. The van der Waals surface area contributed by atoms with E-state index in [0.29, 0.717) is 11.9 Å². The summed E-state index contributed by atoms with van der Waals surface area (Å²) in [6.45, 7) is 7.08. The Morgan fingerprint density at radius 3 is 2.54 bits per heavy atom. The van der Waals surface area contributed by atoms with E-state index in [1.165, 1.54) is 0 Å². The lowest BCUT2D eigenvalue weighted by atomic mass is 10.3. The molecule has 0 aliphatic rings. The fraction of sp³-hybridized carbons (Fsp3) is 0.800. The molecule has 0 N–H and O–H groups in total. The molecule has 0 saturated heterocycles. The number of methoxy groups -OCH3 is 1. The van der Waals surface area contributed by atoms with E-state index < -0.39 is 0 Å². The predicted octanol–water partition coefficient (Wildman–Crippen LogP) is 2.14. The molecule has 0 amide bonds. The Hall–Kier alpha value is -0.0500. The second kappa shape index (κ2) is 8.54. The Labute approximate surface area is 86.5 Å². The second-order valence-corrected chi connectivity index (χ2v) is 3.52. The van der Waals surface area contributed by atoms with Crippen LogP contribution in [0.1, 0.15) is 13.8 Å². The smallest absolute Gasteiger partial charge is 0.0589 e. The summed E-state index contributed by atoms with van der Waals surface area (Å²) in [5.41, 5.74) is 0. The third-order valence-electron chi connectivity index (χ3n) is 1.91. The van der Waals surface area contributed by atoms with Crippen LogP contribution in [0.2, 0.25) is 0 Å². The van der Waals surface area contributed by atoms with Gasteiger partial charge in [0.25, 0.3) is 0 Å². The van der Waals surface area contributed by atoms with Gasteiger partial charge in [-0.05, 0) is 13.8 Å². The van der Waals surface area contributed by atoms with Crippen LogP contribution in [0.4, 0.5) is 0 Å². The lowest BCUT2D eigenvalue weighted by Gasteiger charge is -2.24. The maximum atomic E-state index is 5.54. The summed E-state index contributed by atoms with van der Waals surface area (Å²) in [7, 11) is 1.73. The SMILES string of the molecule is COCCN(C/C=C/CCl)C(C)C. The van der Waals surface area contributed by atoms with Crippen LogP contribution in [0.25, 0.3) is 0 Å². The molecule has 0 aromatic heterocycles. The van der Waals surface area contributed by atoms with Crippen molar-refractivity contribution < 1.29 is 4.74 Å². The summed E-state index contributed by atoms with van der Waals surface area (Å²) in [5, 5.41) is 0. The van der Waals surface area contributed by atoms with Crippen LogP contribution in [0.5, 0.6) is 0 Å². The summed E-state index contributed by atoms with van der Waals surface area (Å²) < 4.78 is 5.04. The van der Waals surface area contributed by atoms with Crippen molar-refractivity contribution in [3.8, 4) is 0 Å². The number of hydrogen-bond acceptors (Lipinski definition) is 2. The highest BCUT2D eigenvalue weighted by atomic mass is 35.5. The van der Waals surface area contributed by atoms with Crippen LogP contribution >= 0.6 is 11.6 Å². The largest absolute Gasteiger partial charge is 0.383 e. The summed E-state index contributed by atoms with van der Waals surface area (Å²) in [5.74, 6) is 0.593. The van der Waals surface area contributed by atoms with Gasteiger partial charge in [0.1, 0.15) is 0 Å². The van der Waals surface area contributed by atoms with Gasteiger partial charge in [0, 0.05) is 32.1 Å². The number of halogens is 1. The van der Waals surface area contributed by atoms with Crippen molar-refractivity contribution in [3.63, 3.8) is 0 Å². The molecule has 0 aliphatic carbocycles. The highest BCUT2D eigenvalue weighted by Gasteiger charge is 2.05. The van der Waals surface area contributed by atoms with Crippen LogP contribution in [0.3, 0.4) is 0 Å². The quantitative estimate of drug-likeness (QED) is 0.467. The minimum absolute atomic E-state index is 0.551. The molecule has 0 rings (SSSR count). The van der Waals surface area contributed by atoms with Gasteiger partial charge in [-0.15, -0.1) is 11.6 Å². The van der Waals surface area contributed by atoms with Gasteiger partial charge < -0.3 is 4.74 Å². The molecule has 0 unspecified atom stereocenters. The Bertz CT molecular complexity index is 137. The van der Waals surface area contributed by atoms with Gasteiger partial charge in [0.15, 0.2) is 0 Å². The average molecular weight is 206 g/mol. The van der Waals surface area contributed by atoms with Gasteiger partial charge >= 0.3 is 0 Å². The zero-order valence-corrected chi connectivity index (χ0v) is 9.55. The molecule has 0 saturated carbocycles. The van der Waals surface area contributed by atoms with Crippen LogP contribution in [0, 0.1) is 0 Å². The van der Waals surface area contributed by atoms with Crippen molar-refractivity contribution in [2.24, 2.45) is 0 Å². The minimum atomic E-state index is 0.551. The van der Waals surface area contributed by atoms with Crippen LogP contribution < -0.4 is 0 Å². The molecule has 0 radical (unpaired) electrons. The standard InChI is InChI=1S/C10H20ClNO/c1-10(2)12(8-9-13-3)7-5-4-6-11/h4-5,10H,6-9H2,1-3H3/b5-4+. The highest BCUT2D eigenvalue weighted by molar-refractivity contribution is 6.18. The van der Waals surface area contributed by atoms with E-state index in [2.05, 4.69) is 24.8 Å². The molecule has 0 spiro atoms. The summed E-state index contributed by atoms with van der Waals surface area (Å²) in [6.07, 6.45) is 4.08. The number of nitrogens with zero attached hydrogens (tertiary/aromatic N) is 1. The van der Waals surface area contributed by atoms with E-state index in [4.69, 9.17) is 16.3 Å². The third-order valence-corrected chi connectivity index (χ3v) is 2.09. The van der Waals surface area contributed by atoms with Gasteiger partial charge in [0.2, 0.25) is 0 Å². The van der Waals surface area contributed by atoms with Crippen molar-refractivity contribution >= 4 is 11.6 Å². The number of rotatable bonds is 7. The molecule has 0 fully saturated rings. The van der Waals surface area contributed by atoms with Crippen LogP contribution in [-0.2, 0) is 4.74 Å². The highest BCUT2D eigenvalue weighted by Crippen LogP contribution is 1.97. The molecule has 0 heterocycles. The van der Waals surface area contributed by atoms with E-state index in [1.54, 1.807) is 7.11 Å². The maximum Gasteiger partial charge on any atom is 0.0589 e. The Balaban J connectivity index is 3.73. The summed E-state index contributed by atoms with van der Waals surface area (Å²) in [6, 6.07) is 0.551. The van der Waals surface area contributed by atoms with E-state index in [-0.39, 0.29) is 0 Å². The molecule has 0 aromatic carbocycles. The Morgan fingerprint density at radius 1 is 1.38 bits per heavy atom. The van der Waals surface area contributed by atoms with E-state index in [1.807, 2.05) is 6.08 Å². The zero-order valence-electron chi connectivity index (χ0n) is 8.79. The third kappa shape index (κ3) is 7.05. The molecule has 0 atom stereocenters. The van der Waals surface area contributed by atoms with Crippen molar-refractivity contribution in [1.29, 1.82) is 0 Å². The Morgan fingerprint density at radius 2 is 2.08 bits per heavy atom. The molecular weight excluding hydrogens is 186 g/mol. The lowest BCUT2D eigenvalue weighted by Crippen LogP contribution is -2.33. The fourth-order valence-corrected chi connectivity index (χ4v) is 1.17. The molecule has 78 valence electrons. The zero-order chi connectivity index (χ0) is 10.1. The van der Waals surface area contributed by atoms with Crippen molar-refractivity contribution in [3.05, 3.63) is 12.2 Å². The predicted molar refractivity (Wildman–Crippen MR) is 58.4 cm³/mol. The van der Waals surface area contributed by atoms with Crippen molar-refractivity contribution in [1.82, 2.24) is 4.90 Å². The molecule has 2 nitrogen and oxygen atoms in total. The summed E-state index contributed by atoms with van der Waals surface area (Å²) in [4.78, 5) is 2.34. The van der Waals surface area contributed by atoms with Gasteiger partial charge in [-0.2, -0.15) is 0 Å². The first-order valence-electron chi connectivity index (χ1n) is 4.66. The minimum Gasteiger partial charge on any atom is -0.383 e.